The van der Waals surface area contributed by atoms with E-state index in [-0.39, 0.29) is 12.1 Å². The molecule has 2 N–H and O–H groups in total. The molecule has 0 bridgehead atoms. The van der Waals surface area contributed by atoms with Crippen LogP contribution in [0.25, 0.3) is 0 Å². The maximum absolute atomic E-state index is 12.8. The van der Waals surface area contributed by atoms with Gasteiger partial charge < -0.3 is 15.5 Å². The first kappa shape index (κ1) is 17.8. The van der Waals surface area contributed by atoms with Gasteiger partial charge in [0.15, 0.2) is 0 Å². The van der Waals surface area contributed by atoms with E-state index < -0.39 is 11.9 Å². The molecule has 1 aromatic carbocycles. The van der Waals surface area contributed by atoms with Gasteiger partial charge in [-0.25, -0.2) is 4.79 Å². The number of hydrogen-bond donors (Lipinski definition) is 1. The molecule has 7 heteroatoms. The summed E-state index contributed by atoms with van der Waals surface area (Å²) in [6, 6.07) is 6.78. The highest BCUT2D eigenvalue weighted by Gasteiger charge is 2.51. The normalized spacial score (nSPS) is 25.2. The summed E-state index contributed by atoms with van der Waals surface area (Å²) in [6.07, 6.45) is 3.85. The summed E-state index contributed by atoms with van der Waals surface area (Å²) in [6.45, 7) is 6.75. The zero-order chi connectivity index (χ0) is 19.1. The molecule has 0 saturated carbocycles. The molecule has 0 aromatic heterocycles. The summed E-state index contributed by atoms with van der Waals surface area (Å²) in [5.74, 6) is 0.979. The van der Waals surface area contributed by atoms with E-state index in [1.54, 1.807) is 9.80 Å². The van der Waals surface area contributed by atoms with Crippen LogP contribution in [0.3, 0.4) is 0 Å². The predicted octanol–water partition coefficient (Wildman–Crippen LogP) is 2.02. The third-order valence-electron chi connectivity index (χ3n) is 5.53. The lowest BCUT2D eigenvalue weighted by atomic mass is 10.0. The second-order valence-corrected chi connectivity index (χ2v) is 7.62. The van der Waals surface area contributed by atoms with Gasteiger partial charge in [-0.05, 0) is 43.5 Å². The second-order valence-electron chi connectivity index (χ2n) is 7.62. The number of fused-ring (bicyclic) bond motifs is 1. The lowest BCUT2D eigenvalue weighted by Gasteiger charge is -2.32. The smallest absolute Gasteiger partial charge is 0.325 e. The summed E-state index contributed by atoms with van der Waals surface area (Å²) in [5, 5.41) is 0. The minimum Gasteiger partial charge on any atom is -0.368 e. The average molecular weight is 368 g/mol. The summed E-state index contributed by atoms with van der Waals surface area (Å²) in [5.41, 5.74) is 7.40. The molecule has 2 atom stereocenters. The molecule has 1 aromatic rings. The first-order valence-corrected chi connectivity index (χ1v) is 9.63. The summed E-state index contributed by atoms with van der Waals surface area (Å²) < 4.78 is 0. The van der Waals surface area contributed by atoms with Crippen LogP contribution in [-0.4, -0.2) is 54.4 Å². The third-order valence-corrected chi connectivity index (χ3v) is 5.53. The maximum atomic E-state index is 12.8. The van der Waals surface area contributed by atoms with Gasteiger partial charge in [0.05, 0.1) is 6.04 Å². The molecule has 3 aliphatic heterocycles. The minimum absolute atomic E-state index is 0.146. The number of urea groups is 1. The highest BCUT2D eigenvalue weighted by atomic mass is 16.2. The Labute approximate surface area is 159 Å². The molecule has 3 aliphatic rings. The SMILES string of the molecule is CC(C)C1=NCCCN1c1ccc(N2C(=O)N3CC[CH][C@@H]3C2C(N)=O)cc1. The zero-order valence-corrected chi connectivity index (χ0v) is 15.8. The van der Waals surface area contributed by atoms with Crippen molar-refractivity contribution in [1.82, 2.24) is 4.90 Å². The van der Waals surface area contributed by atoms with Gasteiger partial charge in [-0.2, -0.15) is 0 Å². The van der Waals surface area contributed by atoms with Gasteiger partial charge in [0, 0.05) is 36.9 Å². The Kier molecular flexibility index (Phi) is 4.53. The van der Waals surface area contributed by atoms with Crippen LogP contribution in [0.5, 0.6) is 0 Å². The fourth-order valence-electron chi connectivity index (χ4n) is 4.33. The Bertz CT molecular complexity index is 773. The molecule has 0 spiro atoms. The predicted molar refractivity (Wildman–Crippen MR) is 106 cm³/mol. The highest BCUT2D eigenvalue weighted by molar-refractivity contribution is 6.04. The van der Waals surface area contributed by atoms with E-state index in [0.717, 1.165) is 37.5 Å². The molecule has 4 rings (SSSR count). The number of aliphatic imine (C=N–C) groups is 1. The average Bonchev–Trinajstić information content (AvgIpc) is 3.24. The van der Waals surface area contributed by atoms with Crippen molar-refractivity contribution in [3.05, 3.63) is 30.7 Å². The van der Waals surface area contributed by atoms with Crippen molar-refractivity contribution < 1.29 is 9.59 Å². The van der Waals surface area contributed by atoms with Crippen molar-refractivity contribution in [2.45, 2.75) is 38.8 Å². The molecular formula is C20H26N5O2. The molecule has 1 unspecified atom stereocenters. The number of carbonyl (C=O) groups excluding carboxylic acids is 2. The Morgan fingerprint density at radius 1 is 1.19 bits per heavy atom. The van der Waals surface area contributed by atoms with Crippen LogP contribution in [0, 0.1) is 12.3 Å². The van der Waals surface area contributed by atoms with Gasteiger partial charge in [-0.3, -0.25) is 14.7 Å². The van der Waals surface area contributed by atoms with Crippen molar-refractivity contribution in [2.24, 2.45) is 16.6 Å². The molecule has 2 fully saturated rings. The molecular weight excluding hydrogens is 342 g/mol. The van der Waals surface area contributed by atoms with Crippen LogP contribution < -0.4 is 15.5 Å². The van der Waals surface area contributed by atoms with Crippen molar-refractivity contribution in [2.75, 3.05) is 29.4 Å². The van der Waals surface area contributed by atoms with Crippen molar-refractivity contribution in [1.29, 1.82) is 0 Å². The number of nitrogens with two attached hydrogens (primary N) is 1. The van der Waals surface area contributed by atoms with E-state index in [9.17, 15) is 9.59 Å². The van der Waals surface area contributed by atoms with Crippen LogP contribution >= 0.6 is 0 Å². The van der Waals surface area contributed by atoms with Crippen LogP contribution in [0.1, 0.15) is 26.7 Å². The van der Waals surface area contributed by atoms with E-state index in [0.29, 0.717) is 18.2 Å². The van der Waals surface area contributed by atoms with E-state index in [4.69, 9.17) is 5.73 Å². The van der Waals surface area contributed by atoms with Gasteiger partial charge >= 0.3 is 6.03 Å². The highest BCUT2D eigenvalue weighted by Crippen LogP contribution is 2.35. The fourth-order valence-corrected chi connectivity index (χ4v) is 4.33. The topological polar surface area (TPSA) is 82.2 Å². The molecule has 0 aliphatic carbocycles. The van der Waals surface area contributed by atoms with Crippen LogP contribution in [-0.2, 0) is 4.79 Å². The van der Waals surface area contributed by atoms with E-state index in [1.165, 1.54) is 0 Å². The monoisotopic (exact) mass is 368 g/mol. The Morgan fingerprint density at radius 2 is 1.89 bits per heavy atom. The van der Waals surface area contributed by atoms with Crippen LogP contribution in [0.4, 0.5) is 16.2 Å². The number of primary amides is 1. The first-order chi connectivity index (χ1) is 13.0. The zero-order valence-electron chi connectivity index (χ0n) is 15.8. The van der Waals surface area contributed by atoms with Gasteiger partial charge in [0.2, 0.25) is 5.91 Å². The molecule has 143 valence electrons. The number of hydrogen-bond acceptors (Lipinski definition) is 4. The minimum atomic E-state index is -0.645. The van der Waals surface area contributed by atoms with E-state index in [1.807, 2.05) is 30.7 Å². The fraction of sp³-hybridized carbons (Fsp3) is 0.500. The number of benzene rings is 1. The Balaban J connectivity index is 1.62. The number of nitrogens with zero attached hydrogens (tertiary/aromatic N) is 4. The summed E-state index contributed by atoms with van der Waals surface area (Å²) in [7, 11) is 0. The number of rotatable bonds is 4. The Morgan fingerprint density at radius 3 is 2.56 bits per heavy atom. The standard InChI is InChI=1S/C20H26N5O2/c1-13(2)19-22-10-4-12-23(19)14-6-8-15(9-7-14)25-17(18(21)26)16-5-3-11-24(16)20(25)27/h5-9,13,16-17H,3-4,10-12H2,1-2H3,(H2,21,26)/t16-,17?/m1/s1. The Hall–Kier alpha value is -2.57. The van der Waals surface area contributed by atoms with Crippen LogP contribution in [0.15, 0.2) is 29.3 Å². The van der Waals surface area contributed by atoms with E-state index >= 15 is 0 Å². The molecule has 27 heavy (non-hydrogen) atoms. The van der Waals surface area contributed by atoms with Crippen molar-refractivity contribution >= 4 is 29.1 Å². The van der Waals surface area contributed by atoms with E-state index in [2.05, 4.69) is 23.7 Å². The molecule has 2 saturated heterocycles. The van der Waals surface area contributed by atoms with Gasteiger partial charge in [-0.15, -0.1) is 0 Å². The van der Waals surface area contributed by atoms with Gasteiger partial charge in [0.25, 0.3) is 0 Å². The summed E-state index contributed by atoms with van der Waals surface area (Å²) >= 11 is 0. The number of amidine groups is 1. The quantitative estimate of drug-likeness (QED) is 0.883. The largest absolute Gasteiger partial charge is 0.368 e. The van der Waals surface area contributed by atoms with Crippen molar-refractivity contribution in [3.8, 4) is 0 Å². The first-order valence-electron chi connectivity index (χ1n) is 9.63. The lowest BCUT2D eigenvalue weighted by molar-refractivity contribution is -0.119. The summed E-state index contributed by atoms with van der Waals surface area (Å²) in [4.78, 5) is 35.1. The number of amides is 3. The molecule has 3 amide bonds. The number of anilines is 2. The molecule has 7 nitrogen and oxygen atoms in total. The molecule has 1 radical (unpaired) electrons. The second kappa shape index (κ2) is 6.87. The lowest BCUT2D eigenvalue weighted by Crippen LogP contribution is -2.47. The van der Waals surface area contributed by atoms with Crippen LogP contribution in [0.2, 0.25) is 0 Å². The van der Waals surface area contributed by atoms with Gasteiger partial charge in [-0.1, -0.05) is 13.8 Å². The maximum Gasteiger partial charge on any atom is 0.325 e. The van der Waals surface area contributed by atoms with Crippen molar-refractivity contribution in [3.63, 3.8) is 0 Å². The van der Waals surface area contributed by atoms with Gasteiger partial charge in [0.1, 0.15) is 11.9 Å². The third kappa shape index (κ3) is 2.95. The number of carbonyl (C=O) groups is 2. The molecule has 3 heterocycles.